The number of likely N-dealkylation sites (tertiary alicyclic amines) is 1. The second kappa shape index (κ2) is 2.66. The first kappa shape index (κ1) is 10.7. The maximum atomic E-state index is 12.7. The predicted octanol–water partition coefficient (Wildman–Crippen LogP) is 1.49. The lowest BCUT2D eigenvalue weighted by molar-refractivity contribution is -0.248. The van der Waals surface area contributed by atoms with Gasteiger partial charge in [-0.2, -0.15) is 13.2 Å². The molecule has 0 aromatic carbocycles. The number of carboxylic acid groups (broad SMARTS) is 1. The summed E-state index contributed by atoms with van der Waals surface area (Å²) < 4.78 is 38.0. The number of alkyl halides is 3. The van der Waals surface area contributed by atoms with E-state index in [9.17, 15) is 18.0 Å². The van der Waals surface area contributed by atoms with Crippen LogP contribution in [0.5, 0.6) is 0 Å². The van der Waals surface area contributed by atoms with Gasteiger partial charge in [0.1, 0.15) is 0 Å². The van der Waals surface area contributed by atoms with Gasteiger partial charge in [0.25, 0.3) is 0 Å². The van der Waals surface area contributed by atoms with Crippen LogP contribution < -0.4 is 0 Å². The van der Waals surface area contributed by atoms with Crippen molar-refractivity contribution < 1.29 is 23.1 Å². The van der Waals surface area contributed by atoms with Crippen molar-refractivity contribution in [3.8, 4) is 0 Å². The number of nitrogens with zero attached hydrogens (tertiary/aromatic N) is 1. The third-order valence-electron chi connectivity index (χ3n) is 3.61. The van der Waals surface area contributed by atoms with Gasteiger partial charge in [0.05, 0.1) is 0 Å². The van der Waals surface area contributed by atoms with E-state index in [1.54, 1.807) is 0 Å². The van der Waals surface area contributed by atoms with Gasteiger partial charge >= 0.3 is 12.1 Å². The Morgan fingerprint density at radius 2 is 1.80 bits per heavy atom. The molecule has 1 spiro atoms. The first-order valence-electron chi connectivity index (χ1n) is 4.76. The summed E-state index contributed by atoms with van der Waals surface area (Å²) in [7, 11) is 0. The minimum Gasteiger partial charge on any atom is -0.480 e. The molecule has 6 heteroatoms. The van der Waals surface area contributed by atoms with Crippen LogP contribution >= 0.6 is 0 Å². The van der Waals surface area contributed by atoms with Crippen LogP contribution in [0.25, 0.3) is 0 Å². The Balaban J connectivity index is 2.17. The topological polar surface area (TPSA) is 40.5 Å². The zero-order chi connectivity index (χ0) is 11.5. The van der Waals surface area contributed by atoms with Gasteiger partial charge in [-0.15, -0.1) is 0 Å². The van der Waals surface area contributed by atoms with Gasteiger partial charge in [-0.3, -0.25) is 4.90 Å². The SMILES string of the molecule is CC(C(=O)O)(N1CC2(CC2)C1)C(F)(F)F. The molecule has 2 rings (SSSR count). The number of hydrogen-bond donors (Lipinski definition) is 1. The summed E-state index contributed by atoms with van der Waals surface area (Å²) in [5.41, 5.74) is -2.71. The Bertz CT molecular complexity index is 303. The Labute approximate surface area is 84.9 Å². The minimum absolute atomic E-state index is 0.0158. The number of halogens is 3. The highest BCUT2D eigenvalue weighted by molar-refractivity contribution is 5.79. The van der Waals surface area contributed by atoms with Crippen molar-refractivity contribution in [2.24, 2.45) is 5.41 Å². The molecule has 2 aliphatic rings. The van der Waals surface area contributed by atoms with Crippen molar-refractivity contribution in [3.63, 3.8) is 0 Å². The molecule has 2 fully saturated rings. The van der Waals surface area contributed by atoms with E-state index in [0.29, 0.717) is 0 Å². The number of carbonyl (C=O) groups is 1. The van der Waals surface area contributed by atoms with Gasteiger partial charge < -0.3 is 5.11 Å². The van der Waals surface area contributed by atoms with Crippen LogP contribution in [0.3, 0.4) is 0 Å². The summed E-state index contributed by atoms with van der Waals surface area (Å²) in [4.78, 5) is 11.8. The molecule has 1 atom stereocenters. The van der Waals surface area contributed by atoms with E-state index in [-0.39, 0.29) is 18.5 Å². The van der Waals surface area contributed by atoms with Gasteiger partial charge in [0.2, 0.25) is 5.54 Å². The molecular formula is C9H12F3NO2. The summed E-state index contributed by atoms with van der Waals surface area (Å²) in [6.07, 6.45) is -2.87. The van der Waals surface area contributed by atoms with Crippen molar-refractivity contribution in [1.29, 1.82) is 0 Å². The highest BCUT2D eigenvalue weighted by Crippen LogP contribution is 2.56. The van der Waals surface area contributed by atoms with Crippen LogP contribution in [0, 0.1) is 5.41 Å². The fourth-order valence-corrected chi connectivity index (χ4v) is 2.01. The molecule has 0 bridgehead atoms. The van der Waals surface area contributed by atoms with E-state index in [1.165, 1.54) is 0 Å². The Hall–Kier alpha value is -0.780. The maximum Gasteiger partial charge on any atom is 0.417 e. The lowest BCUT2D eigenvalue weighted by Gasteiger charge is -2.49. The Morgan fingerprint density at radius 3 is 2.07 bits per heavy atom. The fraction of sp³-hybridized carbons (Fsp3) is 0.889. The minimum atomic E-state index is -4.73. The molecule has 15 heavy (non-hydrogen) atoms. The third-order valence-corrected chi connectivity index (χ3v) is 3.61. The highest BCUT2D eigenvalue weighted by Gasteiger charge is 2.67. The molecule has 86 valence electrons. The molecule has 0 aromatic heterocycles. The lowest BCUT2D eigenvalue weighted by Crippen LogP contribution is -2.69. The second-order valence-corrected chi connectivity index (χ2v) is 4.73. The van der Waals surface area contributed by atoms with E-state index >= 15 is 0 Å². The summed E-state index contributed by atoms with van der Waals surface area (Å²) in [5.74, 6) is -1.81. The molecule has 3 nitrogen and oxygen atoms in total. The zero-order valence-electron chi connectivity index (χ0n) is 8.26. The summed E-state index contributed by atoms with van der Waals surface area (Å²) in [6, 6.07) is 0. The summed E-state index contributed by atoms with van der Waals surface area (Å²) in [5, 5.41) is 8.73. The van der Waals surface area contributed by atoms with E-state index in [4.69, 9.17) is 5.11 Å². The molecule has 0 amide bonds. The summed E-state index contributed by atoms with van der Waals surface area (Å²) >= 11 is 0. The van der Waals surface area contributed by atoms with Crippen LogP contribution in [-0.4, -0.2) is 40.8 Å². The van der Waals surface area contributed by atoms with E-state index in [2.05, 4.69) is 0 Å². The number of rotatable bonds is 2. The monoisotopic (exact) mass is 223 g/mol. The van der Waals surface area contributed by atoms with Crippen LogP contribution in [0.4, 0.5) is 13.2 Å². The molecular weight excluding hydrogens is 211 g/mol. The molecule has 0 aromatic rings. The smallest absolute Gasteiger partial charge is 0.417 e. The van der Waals surface area contributed by atoms with Crippen molar-refractivity contribution in [1.82, 2.24) is 4.90 Å². The number of carboxylic acids is 1. The highest BCUT2D eigenvalue weighted by atomic mass is 19.4. The quantitative estimate of drug-likeness (QED) is 0.771. The van der Waals surface area contributed by atoms with Crippen LogP contribution in [-0.2, 0) is 4.79 Å². The van der Waals surface area contributed by atoms with Crippen molar-refractivity contribution in [3.05, 3.63) is 0 Å². The first-order valence-corrected chi connectivity index (χ1v) is 4.76. The van der Waals surface area contributed by atoms with Gasteiger partial charge in [0, 0.05) is 13.1 Å². The van der Waals surface area contributed by atoms with Crippen LogP contribution in [0.1, 0.15) is 19.8 Å². The molecule has 1 aliphatic heterocycles. The molecule has 1 aliphatic carbocycles. The Kier molecular flexibility index (Phi) is 1.91. The molecule has 1 saturated carbocycles. The molecule has 1 heterocycles. The van der Waals surface area contributed by atoms with Crippen molar-refractivity contribution in [2.75, 3.05) is 13.1 Å². The van der Waals surface area contributed by atoms with Gasteiger partial charge in [0.15, 0.2) is 0 Å². The maximum absolute atomic E-state index is 12.7. The zero-order valence-corrected chi connectivity index (χ0v) is 8.26. The molecule has 1 N–H and O–H groups in total. The molecule has 1 saturated heterocycles. The lowest BCUT2D eigenvalue weighted by atomic mass is 9.87. The number of hydrogen-bond acceptors (Lipinski definition) is 2. The molecule has 1 unspecified atom stereocenters. The Morgan fingerprint density at radius 1 is 1.33 bits per heavy atom. The fourth-order valence-electron chi connectivity index (χ4n) is 2.01. The standard InChI is InChI=1S/C9H12F3NO2/c1-7(6(14)15,9(10,11)12)13-4-8(5-13)2-3-8/h2-5H2,1H3,(H,14,15). The van der Waals surface area contributed by atoms with Crippen LogP contribution in [0.2, 0.25) is 0 Å². The first-order chi connectivity index (χ1) is 6.71. The third kappa shape index (κ3) is 1.34. The number of aliphatic carboxylic acids is 1. The van der Waals surface area contributed by atoms with Crippen molar-refractivity contribution >= 4 is 5.97 Å². The van der Waals surface area contributed by atoms with Gasteiger partial charge in [-0.1, -0.05) is 0 Å². The second-order valence-electron chi connectivity index (χ2n) is 4.73. The van der Waals surface area contributed by atoms with Crippen LogP contribution in [0.15, 0.2) is 0 Å². The van der Waals surface area contributed by atoms with Gasteiger partial charge in [-0.05, 0) is 25.2 Å². The predicted molar refractivity (Wildman–Crippen MR) is 45.3 cm³/mol. The van der Waals surface area contributed by atoms with Gasteiger partial charge in [-0.25, -0.2) is 4.79 Å². The van der Waals surface area contributed by atoms with E-state index in [0.717, 1.165) is 24.7 Å². The average Bonchev–Trinajstić information content (AvgIpc) is 2.76. The van der Waals surface area contributed by atoms with E-state index in [1.807, 2.05) is 0 Å². The van der Waals surface area contributed by atoms with E-state index < -0.39 is 17.7 Å². The average molecular weight is 223 g/mol. The van der Waals surface area contributed by atoms with Crippen molar-refractivity contribution in [2.45, 2.75) is 31.5 Å². The normalized spacial score (nSPS) is 28.3. The summed E-state index contributed by atoms with van der Waals surface area (Å²) in [6.45, 7) is 1.26. The molecule has 0 radical (unpaired) electrons. The largest absolute Gasteiger partial charge is 0.480 e.